The number of aryl methyl sites for hydroxylation is 1. The third-order valence-electron chi connectivity index (χ3n) is 2.18. The van der Waals surface area contributed by atoms with Crippen molar-refractivity contribution in [2.75, 3.05) is 12.9 Å². The topological polar surface area (TPSA) is 43.4 Å². The minimum absolute atomic E-state index is 0.00727. The SMILES string of the molecule is CCc1ccc(S(C)(=O)=O)c(OCC(F)F)c1. The number of hydrogen-bond acceptors (Lipinski definition) is 3. The lowest BCUT2D eigenvalue weighted by atomic mass is 10.2. The predicted molar refractivity (Wildman–Crippen MR) is 60.4 cm³/mol. The first-order chi connectivity index (χ1) is 7.84. The standard InChI is InChI=1S/C11H14F2O3S/c1-3-8-4-5-10(17(2,14)15)9(6-8)16-7-11(12)13/h4-6,11H,3,7H2,1-2H3. The van der Waals surface area contributed by atoms with E-state index in [9.17, 15) is 17.2 Å². The summed E-state index contributed by atoms with van der Waals surface area (Å²) in [6.45, 7) is 1.07. The Bertz CT molecular complexity index is 483. The summed E-state index contributed by atoms with van der Waals surface area (Å²) < 4.78 is 51.8. The van der Waals surface area contributed by atoms with Gasteiger partial charge in [-0.1, -0.05) is 13.0 Å². The summed E-state index contributed by atoms with van der Waals surface area (Å²) in [6.07, 6.45) is -0.939. The molecule has 1 rings (SSSR count). The first-order valence-corrected chi connectivity index (χ1v) is 6.97. The van der Waals surface area contributed by atoms with Gasteiger partial charge < -0.3 is 4.74 Å². The number of benzene rings is 1. The fourth-order valence-corrected chi connectivity index (χ4v) is 2.14. The molecule has 0 aliphatic carbocycles. The molecule has 1 aromatic rings. The molecule has 17 heavy (non-hydrogen) atoms. The van der Waals surface area contributed by atoms with Gasteiger partial charge in [0, 0.05) is 6.26 Å². The fourth-order valence-electron chi connectivity index (χ4n) is 1.34. The van der Waals surface area contributed by atoms with Gasteiger partial charge in [-0.25, -0.2) is 17.2 Å². The lowest BCUT2D eigenvalue weighted by molar-refractivity contribution is 0.0804. The number of halogens is 2. The highest BCUT2D eigenvalue weighted by atomic mass is 32.2. The predicted octanol–water partition coefficient (Wildman–Crippen LogP) is 2.30. The Morgan fingerprint density at radius 1 is 1.35 bits per heavy atom. The van der Waals surface area contributed by atoms with Crippen LogP contribution in [0.4, 0.5) is 8.78 Å². The number of rotatable bonds is 5. The molecule has 0 fully saturated rings. The van der Waals surface area contributed by atoms with Crippen molar-refractivity contribution in [3.8, 4) is 5.75 Å². The van der Waals surface area contributed by atoms with E-state index in [-0.39, 0.29) is 10.6 Å². The third-order valence-corrected chi connectivity index (χ3v) is 3.32. The third kappa shape index (κ3) is 3.96. The van der Waals surface area contributed by atoms with Crippen molar-refractivity contribution >= 4 is 9.84 Å². The molecule has 0 spiro atoms. The normalized spacial score (nSPS) is 11.8. The number of alkyl halides is 2. The largest absolute Gasteiger partial charge is 0.486 e. The molecule has 1 aromatic carbocycles. The molecule has 0 N–H and O–H groups in total. The van der Waals surface area contributed by atoms with Gasteiger partial charge in [-0.15, -0.1) is 0 Å². The molecule has 0 aromatic heterocycles. The molecular weight excluding hydrogens is 250 g/mol. The van der Waals surface area contributed by atoms with Gasteiger partial charge in [-0.2, -0.15) is 0 Å². The summed E-state index contributed by atoms with van der Waals surface area (Å²) in [4.78, 5) is -0.0599. The Kier molecular flexibility index (Phi) is 4.45. The summed E-state index contributed by atoms with van der Waals surface area (Å²) in [7, 11) is -3.48. The van der Waals surface area contributed by atoms with Crippen LogP contribution in [-0.2, 0) is 16.3 Å². The number of ether oxygens (including phenoxy) is 1. The zero-order chi connectivity index (χ0) is 13.1. The fraction of sp³-hybridized carbons (Fsp3) is 0.455. The first-order valence-electron chi connectivity index (χ1n) is 5.08. The second kappa shape index (κ2) is 5.44. The minimum atomic E-state index is -3.48. The average molecular weight is 264 g/mol. The van der Waals surface area contributed by atoms with Crippen LogP contribution in [-0.4, -0.2) is 27.7 Å². The Hall–Kier alpha value is -1.17. The average Bonchev–Trinajstić information content (AvgIpc) is 2.24. The van der Waals surface area contributed by atoms with E-state index in [4.69, 9.17) is 4.74 Å². The van der Waals surface area contributed by atoms with E-state index < -0.39 is 22.9 Å². The van der Waals surface area contributed by atoms with Crippen LogP contribution in [0.15, 0.2) is 23.1 Å². The van der Waals surface area contributed by atoms with Crippen LogP contribution in [0.2, 0.25) is 0 Å². The Morgan fingerprint density at radius 2 is 2.00 bits per heavy atom. The monoisotopic (exact) mass is 264 g/mol. The highest BCUT2D eigenvalue weighted by Crippen LogP contribution is 2.25. The van der Waals surface area contributed by atoms with E-state index in [1.807, 2.05) is 6.92 Å². The van der Waals surface area contributed by atoms with Gasteiger partial charge in [-0.3, -0.25) is 0 Å². The smallest absolute Gasteiger partial charge is 0.272 e. The summed E-state index contributed by atoms with van der Waals surface area (Å²) in [5, 5.41) is 0. The maximum Gasteiger partial charge on any atom is 0.272 e. The lowest BCUT2D eigenvalue weighted by Gasteiger charge is -2.11. The van der Waals surface area contributed by atoms with Gasteiger partial charge in [0.15, 0.2) is 9.84 Å². The maximum atomic E-state index is 12.1. The molecule has 0 saturated carbocycles. The van der Waals surface area contributed by atoms with Crippen LogP contribution in [0.25, 0.3) is 0 Å². The summed E-state index contributed by atoms with van der Waals surface area (Å²) in [6, 6.07) is 4.51. The van der Waals surface area contributed by atoms with Crippen molar-refractivity contribution in [2.24, 2.45) is 0 Å². The molecule has 0 radical (unpaired) electrons. The zero-order valence-electron chi connectivity index (χ0n) is 9.61. The Balaban J connectivity index is 3.12. The molecule has 0 aliphatic rings. The summed E-state index contributed by atoms with van der Waals surface area (Å²) in [5.41, 5.74) is 0.835. The van der Waals surface area contributed by atoms with Crippen LogP contribution >= 0.6 is 0 Å². The minimum Gasteiger partial charge on any atom is -0.486 e. The van der Waals surface area contributed by atoms with E-state index in [0.29, 0.717) is 6.42 Å². The van der Waals surface area contributed by atoms with E-state index in [0.717, 1.165) is 11.8 Å². The van der Waals surface area contributed by atoms with Crippen molar-refractivity contribution in [3.63, 3.8) is 0 Å². The molecule has 0 bridgehead atoms. The van der Waals surface area contributed by atoms with Crippen molar-refractivity contribution in [1.82, 2.24) is 0 Å². The highest BCUT2D eigenvalue weighted by Gasteiger charge is 2.16. The number of hydrogen-bond donors (Lipinski definition) is 0. The van der Waals surface area contributed by atoms with Crippen molar-refractivity contribution in [1.29, 1.82) is 0 Å². The van der Waals surface area contributed by atoms with E-state index in [1.165, 1.54) is 12.1 Å². The van der Waals surface area contributed by atoms with Crippen LogP contribution in [0.3, 0.4) is 0 Å². The second-order valence-corrected chi connectivity index (χ2v) is 5.59. The lowest BCUT2D eigenvalue weighted by Crippen LogP contribution is -2.10. The van der Waals surface area contributed by atoms with Crippen LogP contribution < -0.4 is 4.74 Å². The van der Waals surface area contributed by atoms with Crippen molar-refractivity contribution < 1.29 is 21.9 Å². The van der Waals surface area contributed by atoms with Gasteiger partial charge >= 0.3 is 0 Å². The molecule has 0 aliphatic heterocycles. The van der Waals surface area contributed by atoms with Crippen LogP contribution in [0.1, 0.15) is 12.5 Å². The van der Waals surface area contributed by atoms with Gasteiger partial charge in [-0.05, 0) is 24.1 Å². The molecule has 0 heterocycles. The molecule has 3 nitrogen and oxygen atoms in total. The van der Waals surface area contributed by atoms with Crippen molar-refractivity contribution in [3.05, 3.63) is 23.8 Å². The van der Waals surface area contributed by atoms with Gasteiger partial charge in [0.1, 0.15) is 17.3 Å². The zero-order valence-corrected chi connectivity index (χ0v) is 10.4. The number of sulfone groups is 1. The second-order valence-electron chi connectivity index (χ2n) is 3.61. The molecular formula is C11H14F2O3S. The first kappa shape index (κ1) is 13.9. The van der Waals surface area contributed by atoms with E-state index in [1.54, 1.807) is 6.07 Å². The molecule has 0 saturated heterocycles. The van der Waals surface area contributed by atoms with Gasteiger partial charge in [0.25, 0.3) is 6.43 Å². The Labute approximate surface area is 99.3 Å². The summed E-state index contributed by atoms with van der Waals surface area (Å²) >= 11 is 0. The molecule has 0 amide bonds. The van der Waals surface area contributed by atoms with Crippen LogP contribution in [0, 0.1) is 0 Å². The quantitative estimate of drug-likeness (QED) is 0.819. The Morgan fingerprint density at radius 3 is 2.47 bits per heavy atom. The highest BCUT2D eigenvalue weighted by molar-refractivity contribution is 7.90. The molecule has 6 heteroatoms. The van der Waals surface area contributed by atoms with E-state index >= 15 is 0 Å². The molecule has 0 unspecified atom stereocenters. The molecule has 0 atom stereocenters. The van der Waals surface area contributed by atoms with Crippen molar-refractivity contribution in [2.45, 2.75) is 24.7 Å². The van der Waals surface area contributed by atoms with Gasteiger partial charge in [0.05, 0.1) is 0 Å². The van der Waals surface area contributed by atoms with Gasteiger partial charge in [0.2, 0.25) is 0 Å². The summed E-state index contributed by atoms with van der Waals surface area (Å²) in [5.74, 6) is -0.00727. The van der Waals surface area contributed by atoms with Crippen LogP contribution in [0.5, 0.6) is 5.75 Å². The molecule has 96 valence electrons. The maximum absolute atomic E-state index is 12.1. The van der Waals surface area contributed by atoms with E-state index in [2.05, 4.69) is 0 Å².